The summed E-state index contributed by atoms with van der Waals surface area (Å²) in [7, 11) is 0. The van der Waals surface area contributed by atoms with Crippen molar-refractivity contribution in [2.24, 2.45) is 0 Å². The molecule has 22 heavy (non-hydrogen) atoms. The average Bonchev–Trinajstić information content (AvgIpc) is 2.99. The molecule has 0 bridgehead atoms. The van der Waals surface area contributed by atoms with Gasteiger partial charge in [-0.25, -0.2) is 4.98 Å². The lowest BCUT2D eigenvalue weighted by Gasteiger charge is -2.09. The molecule has 114 valence electrons. The monoisotopic (exact) mass is 297 g/mol. The van der Waals surface area contributed by atoms with E-state index >= 15 is 0 Å². The fourth-order valence-corrected chi connectivity index (χ4v) is 2.34. The van der Waals surface area contributed by atoms with Crippen molar-refractivity contribution in [1.82, 2.24) is 9.55 Å². The average molecular weight is 297 g/mol. The number of rotatable bonds is 7. The number of fused-ring (bicyclic) bond motifs is 1. The number of hydrogen-bond donors (Lipinski definition) is 2. The van der Waals surface area contributed by atoms with Crippen molar-refractivity contribution in [3.05, 3.63) is 54.9 Å². The van der Waals surface area contributed by atoms with Crippen molar-refractivity contribution in [2.75, 3.05) is 31.7 Å². The number of nitrogens with one attached hydrogen (secondary N) is 1. The molecule has 3 rings (SSSR count). The topological polar surface area (TPSA) is 59.3 Å². The van der Waals surface area contributed by atoms with E-state index in [0.29, 0.717) is 19.8 Å². The molecule has 2 aromatic carbocycles. The highest BCUT2D eigenvalue weighted by molar-refractivity contribution is 5.77. The molecule has 0 atom stereocenters. The first-order chi connectivity index (χ1) is 10.9. The third-order valence-electron chi connectivity index (χ3n) is 3.41. The van der Waals surface area contributed by atoms with Crippen molar-refractivity contribution < 1.29 is 9.84 Å². The maximum Gasteiger partial charge on any atom is 0.100 e. The van der Waals surface area contributed by atoms with Crippen LogP contribution < -0.4 is 5.32 Å². The molecule has 5 nitrogen and oxygen atoms in total. The molecule has 1 aromatic heterocycles. The van der Waals surface area contributed by atoms with Crippen molar-refractivity contribution in [3.8, 4) is 5.69 Å². The number of anilines is 1. The van der Waals surface area contributed by atoms with Crippen LogP contribution in [0.2, 0.25) is 0 Å². The second kappa shape index (κ2) is 7.06. The van der Waals surface area contributed by atoms with Gasteiger partial charge in [0.25, 0.3) is 0 Å². The van der Waals surface area contributed by atoms with E-state index in [1.807, 2.05) is 36.7 Å². The quantitative estimate of drug-likeness (QED) is 0.658. The molecule has 0 aliphatic rings. The highest BCUT2D eigenvalue weighted by Gasteiger charge is 2.03. The Morgan fingerprint density at radius 3 is 2.68 bits per heavy atom. The number of aliphatic hydroxyl groups excluding tert-OH is 1. The molecule has 0 spiro atoms. The van der Waals surface area contributed by atoms with Gasteiger partial charge in [0, 0.05) is 17.9 Å². The SMILES string of the molecule is OCCOCCNc1ccc(-n2cnc3ccccc32)cc1. The van der Waals surface area contributed by atoms with Crippen LogP contribution in [-0.2, 0) is 4.74 Å². The Labute approximate surface area is 129 Å². The van der Waals surface area contributed by atoms with Crippen LogP contribution in [-0.4, -0.2) is 41.0 Å². The summed E-state index contributed by atoms with van der Waals surface area (Å²) in [6.07, 6.45) is 1.84. The zero-order chi connectivity index (χ0) is 15.2. The van der Waals surface area contributed by atoms with Gasteiger partial charge in [0.05, 0.1) is 30.9 Å². The Morgan fingerprint density at radius 2 is 1.86 bits per heavy atom. The minimum absolute atomic E-state index is 0.0631. The molecule has 0 radical (unpaired) electrons. The number of benzene rings is 2. The Hall–Kier alpha value is -2.37. The molecule has 5 heteroatoms. The molecule has 3 aromatic rings. The van der Waals surface area contributed by atoms with Crippen molar-refractivity contribution in [3.63, 3.8) is 0 Å². The Kier molecular flexibility index (Phi) is 4.68. The lowest BCUT2D eigenvalue weighted by Crippen LogP contribution is -2.11. The maximum absolute atomic E-state index is 8.63. The van der Waals surface area contributed by atoms with Gasteiger partial charge in [-0.15, -0.1) is 0 Å². The maximum atomic E-state index is 8.63. The van der Waals surface area contributed by atoms with E-state index in [1.54, 1.807) is 0 Å². The minimum Gasteiger partial charge on any atom is -0.394 e. The molecule has 0 aliphatic heterocycles. The summed E-state index contributed by atoms with van der Waals surface area (Å²) in [6.45, 7) is 1.74. The van der Waals surface area contributed by atoms with Gasteiger partial charge in [-0.3, -0.25) is 4.57 Å². The van der Waals surface area contributed by atoms with E-state index in [2.05, 4.69) is 33.1 Å². The molecular formula is C17H19N3O2. The summed E-state index contributed by atoms with van der Waals surface area (Å²) in [4.78, 5) is 4.41. The van der Waals surface area contributed by atoms with E-state index in [4.69, 9.17) is 9.84 Å². The Balaban J connectivity index is 1.66. The lowest BCUT2D eigenvalue weighted by atomic mass is 10.2. The summed E-state index contributed by atoms with van der Waals surface area (Å²) in [5, 5.41) is 11.9. The van der Waals surface area contributed by atoms with E-state index in [9.17, 15) is 0 Å². The smallest absolute Gasteiger partial charge is 0.100 e. The second-order valence-corrected chi connectivity index (χ2v) is 4.91. The normalized spacial score (nSPS) is 11.0. The Bertz CT molecular complexity index is 722. The zero-order valence-corrected chi connectivity index (χ0v) is 12.3. The van der Waals surface area contributed by atoms with Gasteiger partial charge in [0.2, 0.25) is 0 Å². The second-order valence-electron chi connectivity index (χ2n) is 4.91. The van der Waals surface area contributed by atoms with Crippen LogP contribution in [0.5, 0.6) is 0 Å². The molecule has 1 heterocycles. The number of ether oxygens (including phenoxy) is 1. The van der Waals surface area contributed by atoms with E-state index in [0.717, 1.165) is 22.4 Å². The number of hydrogen-bond acceptors (Lipinski definition) is 4. The molecule has 2 N–H and O–H groups in total. The van der Waals surface area contributed by atoms with Crippen LogP contribution in [0.25, 0.3) is 16.7 Å². The summed E-state index contributed by atoms with van der Waals surface area (Å²) >= 11 is 0. The van der Waals surface area contributed by atoms with Crippen LogP contribution in [0.15, 0.2) is 54.9 Å². The van der Waals surface area contributed by atoms with Gasteiger partial charge < -0.3 is 15.2 Å². The molecule has 0 amide bonds. The van der Waals surface area contributed by atoms with Gasteiger partial charge in [0.15, 0.2) is 0 Å². The first-order valence-electron chi connectivity index (χ1n) is 7.33. The van der Waals surface area contributed by atoms with Crippen molar-refractivity contribution in [1.29, 1.82) is 0 Å². The fraction of sp³-hybridized carbons (Fsp3) is 0.235. The van der Waals surface area contributed by atoms with E-state index in [1.165, 1.54) is 0 Å². The largest absolute Gasteiger partial charge is 0.394 e. The molecule has 0 fully saturated rings. The van der Waals surface area contributed by atoms with Crippen molar-refractivity contribution >= 4 is 16.7 Å². The van der Waals surface area contributed by atoms with Gasteiger partial charge in [-0.1, -0.05) is 12.1 Å². The first kappa shape index (κ1) is 14.6. The van der Waals surface area contributed by atoms with Crippen LogP contribution in [0.3, 0.4) is 0 Å². The molecular weight excluding hydrogens is 278 g/mol. The fourth-order valence-electron chi connectivity index (χ4n) is 2.34. The van der Waals surface area contributed by atoms with Gasteiger partial charge >= 0.3 is 0 Å². The van der Waals surface area contributed by atoms with Gasteiger partial charge in [-0.05, 0) is 36.4 Å². The molecule has 0 aliphatic carbocycles. The minimum atomic E-state index is 0.0631. The van der Waals surface area contributed by atoms with Gasteiger partial charge in [-0.2, -0.15) is 0 Å². The summed E-state index contributed by atoms with van der Waals surface area (Å²) in [5.74, 6) is 0. The van der Waals surface area contributed by atoms with Crippen LogP contribution in [0.4, 0.5) is 5.69 Å². The summed E-state index contributed by atoms with van der Waals surface area (Å²) in [5.41, 5.74) is 4.21. The predicted molar refractivity (Wildman–Crippen MR) is 87.5 cm³/mol. The number of nitrogens with zero attached hydrogens (tertiary/aromatic N) is 2. The number of para-hydroxylation sites is 2. The first-order valence-corrected chi connectivity index (χ1v) is 7.33. The van der Waals surface area contributed by atoms with Crippen molar-refractivity contribution in [2.45, 2.75) is 0 Å². The molecule has 0 saturated heterocycles. The van der Waals surface area contributed by atoms with E-state index < -0.39 is 0 Å². The zero-order valence-electron chi connectivity index (χ0n) is 12.3. The van der Waals surface area contributed by atoms with Crippen LogP contribution >= 0.6 is 0 Å². The highest BCUT2D eigenvalue weighted by Crippen LogP contribution is 2.19. The summed E-state index contributed by atoms with van der Waals surface area (Å²) in [6, 6.07) is 16.3. The van der Waals surface area contributed by atoms with E-state index in [-0.39, 0.29) is 6.61 Å². The highest BCUT2D eigenvalue weighted by atomic mass is 16.5. The Morgan fingerprint density at radius 1 is 1.05 bits per heavy atom. The molecule has 0 unspecified atom stereocenters. The number of imidazole rings is 1. The molecule has 0 saturated carbocycles. The number of aromatic nitrogens is 2. The number of aliphatic hydroxyl groups is 1. The van der Waals surface area contributed by atoms with Crippen LogP contribution in [0.1, 0.15) is 0 Å². The third kappa shape index (κ3) is 3.27. The predicted octanol–water partition coefficient (Wildman–Crippen LogP) is 2.45. The lowest BCUT2D eigenvalue weighted by molar-refractivity contribution is 0.0992. The van der Waals surface area contributed by atoms with Gasteiger partial charge in [0.1, 0.15) is 6.33 Å². The standard InChI is InChI=1S/C17H19N3O2/c21-10-12-22-11-9-18-14-5-7-15(8-6-14)20-13-19-16-3-1-2-4-17(16)20/h1-8,13,18,21H,9-12H2. The summed E-state index contributed by atoms with van der Waals surface area (Å²) < 4.78 is 7.28. The third-order valence-corrected chi connectivity index (χ3v) is 3.41. The van der Waals surface area contributed by atoms with Crippen LogP contribution in [0, 0.1) is 0 Å².